The van der Waals surface area contributed by atoms with Gasteiger partial charge in [-0.1, -0.05) is 30.3 Å². The zero-order valence-electron chi connectivity index (χ0n) is 12.2. The van der Waals surface area contributed by atoms with Crippen LogP contribution in [0.5, 0.6) is 0 Å². The lowest BCUT2D eigenvalue weighted by molar-refractivity contribution is 0.149. The van der Waals surface area contributed by atoms with E-state index < -0.39 is 30.5 Å². The first-order chi connectivity index (χ1) is 10.6. The highest BCUT2D eigenvalue weighted by atomic mass is 16.3. The number of aliphatic hydroxyl groups is 2. The van der Waals surface area contributed by atoms with Crippen LogP contribution in [0.2, 0.25) is 0 Å². The minimum Gasteiger partial charge on any atom is -0.394 e. The molecule has 1 unspecified atom stereocenters. The molecule has 0 aliphatic heterocycles. The quantitative estimate of drug-likeness (QED) is 0.611. The predicted octanol–water partition coefficient (Wildman–Crippen LogP) is 0.235. The third-order valence-electron chi connectivity index (χ3n) is 3.42. The maximum atomic E-state index is 12.0. The van der Waals surface area contributed by atoms with Gasteiger partial charge in [0.15, 0.2) is 0 Å². The van der Waals surface area contributed by atoms with Crippen molar-refractivity contribution in [3.8, 4) is 0 Å². The van der Waals surface area contributed by atoms with Gasteiger partial charge in [0.2, 0.25) is 0 Å². The largest absolute Gasteiger partial charge is 0.394 e. The zero-order chi connectivity index (χ0) is 16.1. The van der Waals surface area contributed by atoms with Gasteiger partial charge in [0.05, 0.1) is 19.3 Å². The van der Waals surface area contributed by atoms with Crippen LogP contribution in [0, 0.1) is 0 Å². The number of anilines is 1. The maximum Gasteiger partial charge on any atom is 0.330 e. The molecule has 0 saturated heterocycles. The van der Waals surface area contributed by atoms with Crippen LogP contribution in [0.25, 0.3) is 0 Å². The molecule has 0 saturated carbocycles. The molecular weight excluding hydrogens is 286 g/mol. The molecular formula is C15H19N3O4. The third kappa shape index (κ3) is 3.44. The van der Waals surface area contributed by atoms with Crippen molar-refractivity contribution in [1.82, 2.24) is 9.55 Å². The lowest BCUT2D eigenvalue weighted by Crippen LogP contribution is -2.40. The predicted molar refractivity (Wildman–Crippen MR) is 83.0 cm³/mol. The summed E-state index contributed by atoms with van der Waals surface area (Å²) < 4.78 is 0.804. The van der Waals surface area contributed by atoms with E-state index in [0.29, 0.717) is 0 Å². The van der Waals surface area contributed by atoms with Crippen LogP contribution < -0.4 is 16.6 Å². The van der Waals surface area contributed by atoms with Crippen LogP contribution in [0.1, 0.15) is 24.6 Å². The van der Waals surface area contributed by atoms with E-state index in [-0.39, 0.29) is 11.9 Å². The first-order valence-corrected chi connectivity index (χ1v) is 6.96. The van der Waals surface area contributed by atoms with E-state index in [1.807, 2.05) is 37.3 Å². The smallest absolute Gasteiger partial charge is 0.330 e. The molecule has 0 amide bonds. The first-order valence-electron chi connectivity index (χ1n) is 6.96. The molecule has 0 fully saturated rings. The van der Waals surface area contributed by atoms with E-state index in [4.69, 9.17) is 10.2 Å². The van der Waals surface area contributed by atoms with Gasteiger partial charge >= 0.3 is 5.69 Å². The van der Waals surface area contributed by atoms with E-state index in [2.05, 4.69) is 10.3 Å². The molecule has 1 aromatic carbocycles. The Morgan fingerprint density at radius 2 is 1.82 bits per heavy atom. The van der Waals surface area contributed by atoms with E-state index in [1.54, 1.807) is 0 Å². The minimum atomic E-state index is -0.947. The summed E-state index contributed by atoms with van der Waals surface area (Å²) in [5.41, 5.74) is -0.251. The van der Waals surface area contributed by atoms with Gasteiger partial charge in [-0.25, -0.2) is 4.79 Å². The SMILES string of the molecule is CC(Nc1cc(=O)n(C(CO)CO)c(=O)[nH]1)c1ccccc1. The monoisotopic (exact) mass is 305 g/mol. The molecule has 0 spiro atoms. The Hall–Kier alpha value is -2.38. The first kappa shape index (κ1) is 16.0. The Labute approximate surface area is 126 Å². The number of aromatic nitrogens is 2. The summed E-state index contributed by atoms with van der Waals surface area (Å²) in [6.45, 7) is 0.919. The molecule has 4 N–H and O–H groups in total. The molecule has 0 bridgehead atoms. The molecule has 1 aromatic heterocycles. The summed E-state index contributed by atoms with van der Waals surface area (Å²) in [5, 5.41) is 21.3. The van der Waals surface area contributed by atoms with Gasteiger partial charge < -0.3 is 15.5 Å². The van der Waals surface area contributed by atoms with Crippen molar-refractivity contribution < 1.29 is 10.2 Å². The number of nitrogens with one attached hydrogen (secondary N) is 2. The second-order valence-electron chi connectivity index (χ2n) is 4.99. The fraction of sp³-hybridized carbons (Fsp3) is 0.333. The molecule has 0 radical (unpaired) electrons. The Morgan fingerprint density at radius 3 is 2.36 bits per heavy atom. The molecule has 0 aliphatic rings. The highest BCUT2D eigenvalue weighted by molar-refractivity contribution is 5.36. The molecule has 1 heterocycles. The van der Waals surface area contributed by atoms with Gasteiger partial charge in [-0.3, -0.25) is 14.3 Å². The van der Waals surface area contributed by atoms with Crippen molar-refractivity contribution in [1.29, 1.82) is 0 Å². The fourth-order valence-electron chi connectivity index (χ4n) is 2.21. The summed E-state index contributed by atoms with van der Waals surface area (Å²) in [6.07, 6.45) is 0. The molecule has 0 aliphatic carbocycles. The summed E-state index contributed by atoms with van der Waals surface area (Å²) in [6, 6.07) is 9.77. The number of nitrogens with zero attached hydrogens (tertiary/aromatic N) is 1. The van der Waals surface area contributed by atoms with E-state index in [0.717, 1.165) is 10.1 Å². The zero-order valence-corrected chi connectivity index (χ0v) is 12.2. The van der Waals surface area contributed by atoms with Crippen molar-refractivity contribution >= 4 is 5.82 Å². The van der Waals surface area contributed by atoms with Gasteiger partial charge in [0.25, 0.3) is 5.56 Å². The number of aliphatic hydroxyl groups excluding tert-OH is 2. The molecule has 7 nitrogen and oxygen atoms in total. The maximum absolute atomic E-state index is 12.0. The second kappa shape index (κ2) is 7.06. The molecule has 1 atom stereocenters. The van der Waals surface area contributed by atoms with Crippen molar-refractivity contribution in [2.75, 3.05) is 18.5 Å². The summed E-state index contributed by atoms with van der Waals surface area (Å²) in [4.78, 5) is 26.5. The number of benzene rings is 1. The van der Waals surface area contributed by atoms with Crippen molar-refractivity contribution in [2.24, 2.45) is 0 Å². The van der Waals surface area contributed by atoms with Crippen LogP contribution in [0.15, 0.2) is 46.0 Å². The Kier molecular flexibility index (Phi) is 5.13. The van der Waals surface area contributed by atoms with Crippen molar-refractivity contribution in [3.63, 3.8) is 0 Å². The van der Waals surface area contributed by atoms with Crippen LogP contribution in [0.3, 0.4) is 0 Å². The lowest BCUT2D eigenvalue weighted by Gasteiger charge is -2.17. The van der Waals surface area contributed by atoms with Gasteiger partial charge in [-0.2, -0.15) is 0 Å². The van der Waals surface area contributed by atoms with Gasteiger partial charge in [0.1, 0.15) is 5.82 Å². The summed E-state index contributed by atoms with van der Waals surface area (Å²) in [5.74, 6) is 0.289. The third-order valence-corrected chi connectivity index (χ3v) is 3.42. The molecule has 2 rings (SSSR count). The van der Waals surface area contributed by atoms with Crippen LogP contribution >= 0.6 is 0 Å². The average molecular weight is 305 g/mol. The number of H-pyrrole nitrogens is 1. The highest BCUT2D eigenvalue weighted by Crippen LogP contribution is 2.15. The van der Waals surface area contributed by atoms with Crippen LogP contribution in [-0.4, -0.2) is 33.0 Å². The summed E-state index contributed by atoms with van der Waals surface area (Å²) >= 11 is 0. The van der Waals surface area contributed by atoms with Crippen molar-refractivity contribution in [2.45, 2.75) is 19.0 Å². The molecule has 118 valence electrons. The van der Waals surface area contributed by atoms with E-state index in [9.17, 15) is 9.59 Å². The van der Waals surface area contributed by atoms with Gasteiger partial charge in [-0.05, 0) is 12.5 Å². The van der Waals surface area contributed by atoms with Crippen LogP contribution in [0.4, 0.5) is 5.82 Å². The standard InChI is InChI=1S/C15H19N3O4/c1-10(11-5-3-2-4-6-11)16-13-7-14(21)18(15(22)17-13)12(8-19)9-20/h2-7,10,12,16,19-20H,8-9H2,1H3,(H,17,22). The molecule has 2 aromatic rings. The number of hydrogen-bond donors (Lipinski definition) is 4. The number of aromatic amines is 1. The normalized spacial score (nSPS) is 12.4. The molecule has 7 heteroatoms. The van der Waals surface area contributed by atoms with E-state index in [1.165, 1.54) is 6.07 Å². The Balaban J connectivity index is 2.28. The van der Waals surface area contributed by atoms with Crippen LogP contribution in [-0.2, 0) is 0 Å². The Morgan fingerprint density at radius 1 is 1.18 bits per heavy atom. The lowest BCUT2D eigenvalue weighted by atomic mass is 10.1. The fourth-order valence-corrected chi connectivity index (χ4v) is 2.21. The van der Waals surface area contributed by atoms with Gasteiger partial charge in [-0.15, -0.1) is 0 Å². The minimum absolute atomic E-state index is 0.0985. The number of rotatable bonds is 6. The van der Waals surface area contributed by atoms with Gasteiger partial charge in [0, 0.05) is 12.1 Å². The van der Waals surface area contributed by atoms with Crippen molar-refractivity contribution in [3.05, 3.63) is 62.8 Å². The average Bonchev–Trinajstić information content (AvgIpc) is 2.51. The summed E-state index contributed by atoms with van der Waals surface area (Å²) in [7, 11) is 0. The highest BCUT2D eigenvalue weighted by Gasteiger charge is 2.15. The number of hydrogen-bond acceptors (Lipinski definition) is 5. The van der Waals surface area contributed by atoms with E-state index >= 15 is 0 Å². The topological polar surface area (TPSA) is 107 Å². The second-order valence-corrected chi connectivity index (χ2v) is 4.99. The Bertz CT molecular complexity index is 688. The molecule has 22 heavy (non-hydrogen) atoms.